The Morgan fingerprint density at radius 2 is 1.91 bits per heavy atom. The van der Waals surface area contributed by atoms with Crippen LogP contribution in [-0.2, 0) is 11.3 Å². The lowest BCUT2D eigenvalue weighted by atomic mass is 10.2. The van der Waals surface area contributed by atoms with Crippen molar-refractivity contribution in [3.05, 3.63) is 59.7 Å². The van der Waals surface area contributed by atoms with Gasteiger partial charge in [-0.15, -0.1) is 0 Å². The number of hydrogen-bond donors (Lipinski definition) is 1. The highest BCUT2D eigenvalue weighted by Gasteiger charge is 2.09. The van der Waals surface area contributed by atoms with Gasteiger partial charge < -0.3 is 15.0 Å². The van der Waals surface area contributed by atoms with Gasteiger partial charge in [-0.05, 0) is 30.2 Å². The summed E-state index contributed by atoms with van der Waals surface area (Å²) >= 11 is 0. The molecule has 0 aliphatic carbocycles. The van der Waals surface area contributed by atoms with Crippen LogP contribution in [0.4, 0.5) is 5.69 Å². The molecule has 2 rings (SSSR count). The lowest BCUT2D eigenvalue weighted by Crippen LogP contribution is -2.27. The first-order valence-electron chi connectivity index (χ1n) is 7.76. The van der Waals surface area contributed by atoms with E-state index in [1.54, 1.807) is 12.0 Å². The number of ether oxygens (including phenoxy) is 1. The van der Waals surface area contributed by atoms with Crippen LogP contribution in [-0.4, -0.2) is 31.5 Å². The summed E-state index contributed by atoms with van der Waals surface area (Å²) in [6.45, 7) is 3.24. The van der Waals surface area contributed by atoms with E-state index in [2.05, 4.69) is 5.32 Å². The second kappa shape index (κ2) is 8.22. The molecule has 4 nitrogen and oxygen atoms in total. The molecule has 0 saturated carbocycles. The Morgan fingerprint density at radius 3 is 2.61 bits per heavy atom. The number of nitrogens with zero attached hydrogens (tertiary/aromatic N) is 1. The highest BCUT2D eigenvalue weighted by molar-refractivity contribution is 5.76. The Morgan fingerprint density at radius 1 is 1.17 bits per heavy atom. The predicted molar refractivity (Wildman–Crippen MR) is 93.8 cm³/mol. The summed E-state index contributed by atoms with van der Waals surface area (Å²) < 4.78 is 5.33. The molecule has 2 aromatic carbocycles. The molecule has 0 fully saturated rings. The second-order valence-corrected chi connectivity index (χ2v) is 5.62. The van der Waals surface area contributed by atoms with Gasteiger partial charge in [-0.3, -0.25) is 4.79 Å². The molecule has 0 aromatic heterocycles. The lowest BCUT2D eigenvalue weighted by Gasteiger charge is -2.18. The molecule has 122 valence electrons. The Bertz CT molecular complexity index is 641. The molecule has 0 aliphatic rings. The van der Waals surface area contributed by atoms with E-state index in [0.29, 0.717) is 19.5 Å². The van der Waals surface area contributed by atoms with E-state index in [4.69, 9.17) is 4.74 Å². The maximum atomic E-state index is 12.2. The first-order chi connectivity index (χ1) is 11.1. The van der Waals surface area contributed by atoms with Crippen molar-refractivity contribution in [2.75, 3.05) is 26.0 Å². The number of carbonyl (C=O) groups excluding carboxylic acids is 1. The number of rotatable bonds is 7. The fraction of sp³-hybridized carbons (Fsp3) is 0.316. The molecule has 1 amide bonds. The number of anilines is 1. The van der Waals surface area contributed by atoms with E-state index in [1.807, 2.05) is 62.5 Å². The van der Waals surface area contributed by atoms with Crippen LogP contribution in [0, 0.1) is 6.92 Å². The zero-order chi connectivity index (χ0) is 16.7. The van der Waals surface area contributed by atoms with E-state index >= 15 is 0 Å². The highest BCUT2D eigenvalue weighted by Crippen LogP contribution is 2.25. The molecule has 4 heteroatoms. The van der Waals surface area contributed by atoms with Gasteiger partial charge in [0.15, 0.2) is 0 Å². The maximum Gasteiger partial charge on any atom is 0.224 e. The van der Waals surface area contributed by atoms with E-state index in [9.17, 15) is 4.79 Å². The molecule has 23 heavy (non-hydrogen) atoms. The van der Waals surface area contributed by atoms with Crippen LogP contribution in [0.3, 0.4) is 0 Å². The van der Waals surface area contributed by atoms with Gasteiger partial charge in [0.1, 0.15) is 5.75 Å². The van der Waals surface area contributed by atoms with Gasteiger partial charge in [-0.25, -0.2) is 0 Å². The number of carbonyl (C=O) groups is 1. The van der Waals surface area contributed by atoms with Crippen molar-refractivity contribution in [3.8, 4) is 5.75 Å². The van der Waals surface area contributed by atoms with Crippen molar-refractivity contribution < 1.29 is 9.53 Å². The minimum atomic E-state index is 0.118. The first-order valence-corrected chi connectivity index (χ1v) is 7.76. The van der Waals surface area contributed by atoms with Crippen LogP contribution in [0.1, 0.15) is 17.5 Å². The topological polar surface area (TPSA) is 41.6 Å². The summed E-state index contributed by atoms with van der Waals surface area (Å²) in [4.78, 5) is 14.0. The molecule has 0 bridgehead atoms. The average molecular weight is 312 g/mol. The minimum Gasteiger partial charge on any atom is -0.495 e. The number of amides is 1. The van der Waals surface area contributed by atoms with Gasteiger partial charge in [-0.1, -0.05) is 36.4 Å². The molecule has 1 N–H and O–H groups in total. The zero-order valence-electron chi connectivity index (χ0n) is 14.0. The van der Waals surface area contributed by atoms with Crippen LogP contribution in [0.25, 0.3) is 0 Å². The fourth-order valence-electron chi connectivity index (χ4n) is 2.40. The van der Waals surface area contributed by atoms with E-state index in [-0.39, 0.29) is 5.91 Å². The summed E-state index contributed by atoms with van der Waals surface area (Å²) in [5, 5.41) is 3.28. The van der Waals surface area contributed by atoms with Crippen molar-refractivity contribution in [2.24, 2.45) is 0 Å². The van der Waals surface area contributed by atoms with Crippen molar-refractivity contribution in [2.45, 2.75) is 19.9 Å². The van der Waals surface area contributed by atoms with E-state index in [1.165, 1.54) is 0 Å². The second-order valence-electron chi connectivity index (χ2n) is 5.62. The number of benzene rings is 2. The van der Waals surface area contributed by atoms with Crippen molar-refractivity contribution in [1.82, 2.24) is 4.90 Å². The Balaban J connectivity index is 1.84. The Kier molecular flexibility index (Phi) is 6.03. The summed E-state index contributed by atoms with van der Waals surface area (Å²) in [5.74, 6) is 0.911. The number of aryl methyl sites for hydroxylation is 1. The molecule has 0 unspecified atom stereocenters. The third-order valence-corrected chi connectivity index (χ3v) is 3.70. The number of nitrogens with one attached hydrogen (secondary N) is 1. The Hall–Kier alpha value is -2.49. The van der Waals surface area contributed by atoms with Gasteiger partial charge in [0.25, 0.3) is 0 Å². The van der Waals surface area contributed by atoms with Gasteiger partial charge in [-0.2, -0.15) is 0 Å². The fourth-order valence-corrected chi connectivity index (χ4v) is 2.40. The molecular formula is C19H24N2O2. The summed E-state index contributed by atoms with van der Waals surface area (Å²) in [5.41, 5.74) is 3.21. The molecular weight excluding hydrogens is 288 g/mol. The van der Waals surface area contributed by atoms with Crippen molar-refractivity contribution in [1.29, 1.82) is 0 Å². The predicted octanol–water partition coefficient (Wildman–Crippen LogP) is 3.46. The third kappa shape index (κ3) is 5.02. The van der Waals surface area contributed by atoms with Crippen LogP contribution >= 0.6 is 0 Å². The zero-order valence-corrected chi connectivity index (χ0v) is 14.0. The van der Waals surface area contributed by atoms with E-state index < -0.39 is 0 Å². The highest BCUT2D eigenvalue weighted by atomic mass is 16.5. The van der Waals surface area contributed by atoms with Gasteiger partial charge in [0, 0.05) is 26.6 Å². The summed E-state index contributed by atoms with van der Waals surface area (Å²) in [6, 6.07) is 16.0. The third-order valence-electron chi connectivity index (χ3n) is 3.70. The van der Waals surface area contributed by atoms with Crippen LogP contribution in [0.5, 0.6) is 5.75 Å². The normalized spacial score (nSPS) is 10.2. The molecule has 0 heterocycles. The lowest BCUT2D eigenvalue weighted by molar-refractivity contribution is -0.130. The Labute approximate surface area is 138 Å². The van der Waals surface area contributed by atoms with Crippen LogP contribution < -0.4 is 10.1 Å². The maximum absolute atomic E-state index is 12.2. The standard InChI is InChI=1S/C19H24N2O2/c1-15-9-10-18(23-3)17(13-15)20-12-11-19(22)21(2)14-16-7-5-4-6-8-16/h4-10,13,20H,11-12,14H2,1-3H3. The molecule has 0 spiro atoms. The molecule has 0 radical (unpaired) electrons. The number of methoxy groups -OCH3 is 1. The van der Waals surface area contributed by atoms with Gasteiger partial charge >= 0.3 is 0 Å². The van der Waals surface area contributed by atoms with Crippen LogP contribution in [0.2, 0.25) is 0 Å². The summed E-state index contributed by atoms with van der Waals surface area (Å²) in [7, 11) is 3.48. The molecule has 0 atom stereocenters. The quantitative estimate of drug-likeness (QED) is 0.851. The van der Waals surface area contributed by atoms with Crippen molar-refractivity contribution in [3.63, 3.8) is 0 Å². The monoisotopic (exact) mass is 312 g/mol. The van der Waals surface area contributed by atoms with Gasteiger partial charge in [0.05, 0.1) is 12.8 Å². The SMILES string of the molecule is COc1ccc(C)cc1NCCC(=O)N(C)Cc1ccccc1. The van der Waals surface area contributed by atoms with Crippen molar-refractivity contribution >= 4 is 11.6 Å². The molecule has 0 saturated heterocycles. The largest absolute Gasteiger partial charge is 0.495 e. The van der Waals surface area contributed by atoms with Gasteiger partial charge in [0.2, 0.25) is 5.91 Å². The first kappa shape index (κ1) is 16.9. The summed E-state index contributed by atoms with van der Waals surface area (Å²) in [6.07, 6.45) is 0.445. The average Bonchev–Trinajstić information content (AvgIpc) is 2.56. The molecule has 2 aromatic rings. The number of hydrogen-bond acceptors (Lipinski definition) is 3. The van der Waals surface area contributed by atoms with Crippen LogP contribution in [0.15, 0.2) is 48.5 Å². The minimum absolute atomic E-state index is 0.118. The molecule has 0 aliphatic heterocycles. The van der Waals surface area contributed by atoms with E-state index in [0.717, 1.165) is 22.6 Å². The smallest absolute Gasteiger partial charge is 0.224 e.